The third-order valence-electron chi connectivity index (χ3n) is 8.72. The van der Waals surface area contributed by atoms with Crippen LogP contribution in [0.1, 0.15) is 43.4 Å². The molecule has 256 valence electrons. The molecule has 0 radical (unpaired) electrons. The summed E-state index contributed by atoms with van der Waals surface area (Å²) in [4.78, 5) is 34.1. The molecule has 0 bridgehead atoms. The summed E-state index contributed by atoms with van der Waals surface area (Å²) >= 11 is 0. The Bertz CT molecular complexity index is 1840. The molecule has 5 rings (SSSR count). The molecule has 2 aliphatic rings. The lowest BCUT2D eigenvalue weighted by Crippen LogP contribution is -2.43. The molecule has 4 N–H and O–H groups in total. The van der Waals surface area contributed by atoms with E-state index in [-0.39, 0.29) is 46.3 Å². The van der Waals surface area contributed by atoms with Gasteiger partial charge in [-0.2, -0.15) is 23.1 Å². The lowest BCUT2D eigenvalue weighted by molar-refractivity contribution is -0.198. The molecule has 1 unspecified atom stereocenters. The molecule has 16 heteroatoms. The van der Waals surface area contributed by atoms with Crippen molar-refractivity contribution in [3.05, 3.63) is 65.7 Å². The van der Waals surface area contributed by atoms with Gasteiger partial charge in [0.1, 0.15) is 11.9 Å². The fourth-order valence-corrected chi connectivity index (χ4v) is 7.04. The number of carboxylic acid groups (broad SMARTS) is 2. The molecule has 3 aromatic rings. The van der Waals surface area contributed by atoms with Crippen LogP contribution < -0.4 is 15.4 Å². The SMILES string of the molecule is C/C=C/c1ccc([C@@H](Oc2cc(N3CCC4(CC3)CC(C(=O)O)N(C(=O)O)C4)nc(N)n2)C(F)(F)F)c(-c2cccc(S(C)(=O)=O)c2)c1. The third kappa shape index (κ3) is 7.32. The highest BCUT2D eigenvalue weighted by atomic mass is 32.2. The molecule has 2 atom stereocenters. The van der Waals surface area contributed by atoms with Gasteiger partial charge in [0.05, 0.1) is 4.90 Å². The van der Waals surface area contributed by atoms with Crippen molar-refractivity contribution in [3.8, 4) is 17.0 Å². The van der Waals surface area contributed by atoms with Gasteiger partial charge in [-0.25, -0.2) is 18.0 Å². The lowest BCUT2D eigenvalue weighted by Gasteiger charge is -2.39. The molecule has 2 aliphatic heterocycles. The number of allylic oxidation sites excluding steroid dienone is 1. The molecule has 0 saturated carbocycles. The number of piperidine rings is 1. The molecule has 2 aromatic carbocycles. The van der Waals surface area contributed by atoms with E-state index in [2.05, 4.69) is 9.97 Å². The zero-order valence-corrected chi connectivity index (χ0v) is 26.8. The zero-order valence-electron chi connectivity index (χ0n) is 26.0. The molecule has 1 aromatic heterocycles. The molecular weight excluding hydrogens is 655 g/mol. The average molecular weight is 690 g/mol. The minimum absolute atomic E-state index is 0.0585. The van der Waals surface area contributed by atoms with E-state index in [1.807, 2.05) is 0 Å². The van der Waals surface area contributed by atoms with Crippen molar-refractivity contribution in [2.24, 2.45) is 5.41 Å². The molecule has 48 heavy (non-hydrogen) atoms. The van der Waals surface area contributed by atoms with Crippen LogP contribution in [0.2, 0.25) is 0 Å². The van der Waals surface area contributed by atoms with E-state index in [0.29, 0.717) is 31.5 Å². The summed E-state index contributed by atoms with van der Waals surface area (Å²) in [6, 6.07) is 10.0. The first-order chi connectivity index (χ1) is 22.5. The highest BCUT2D eigenvalue weighted by molar-refractivity contribution is 7.90. The summed E-state index contributed by atoms with van der Waals surface area (Å²) in [5.74, 6) is -1.81. The van der Waals surface area contributed by atoms with Gasteiger partial charge in [-0.15, -0.1) is 0 Å². The number of aliphatic carboxylic acids is 1. The number of carbonyl (C=O) groups is 2. The fraction of sp³-hybridized carbons (Fsp3) is 0.375. The Balaban J connectivity index is 1.46. The molecule has 0 aliphatic carbocycles. The number of hydrogen-bond acceptors (Lipinski definition) is 9. The summed E-state index contributed by atoms with van der Waals surface area (Å²) in [5, 5.41) is 19.1. The van der Waals surface area contributed by atoms with Crippen molar-refractivity contribution in [2.45, 2.75) is 49.4 Å². The van der Waals surface area contributed by atoms with Gasteiger partial charge in [0, 0.05) is 37.5 Å². The minimum atomic E-state index is -4.94. The number of halogens is 3. The second-order valence-electron chi connectivity index (χ2n) is 12.1. The lowest BCUT2D eigenvalue weighted by atomic mass is 9.76. The number of carboxylic acids is 1. The quantitative estimate of drug-likeness (QED) is 0.281. The molecular formula is C32H34F3N5O7S. The van der Waals surface area contributed by atoms with Crippen LogP contribution in [0.15, 0.2) is 59.5 Å². The zero-order chi connectivity index (χ0) is 35.0. The summed E-state index contributed by atoms with van der Waals surface area (Å²) in [6.07, 6.45) is -3.38. The normalized spacial score (nSPS) is 18.7. The largest absolute Gasteiger partial charge is 0.480 e. The van der Waals surface area contributed by atoms with Gasteiger partial charge in [-0.1, -0.05) is 36.4 Å². The number of benzene rings is 2. The van der Waals surface area contributed by atoms with Crippen molar-refractivity contribution in [1.29, 1.82) is 0 Å². The topological polar surface area (TPSA) is 176 Å². The Hall–Kier alpha value is -4.86. The predicted molar refractivity (Wildman–Crippen MR) is 170 cm³/mol. The monoisotopic (exact) mass is 689 g/mol. The van der Waals surface area contributed by atoms with Crippen LogP contribution in [0.4, 0.5) is 29.7 Å². The number of ether oxygens (including phenoxy) is 1. The van der Waals surface area contributed by atoms with Gasteiger partial charge in [0.15, 0.2) is 9.84 Å². The maximum Gasteiger partial charge on any atom is 0.429 e. The Morgan fingerprint density at radius 3 is 2.40 bits per heavy atom. The summed E-state index contributed by atoms with van der Waals surface area (Å²) in [6.45, 7) is 2.43. The highest BCUT2D eigenvalue weighted by Crippen LogP contribution is 2.45. The van der Waals surface area contributed by atoms with Crippen LogP contribution in [0.25, 0.3) is 17.2 Å². The molecule has 12 nitrogen and oxygen atoms in total. The molecule has 2 fully saturated rings. The molecule has 1 amide bonds. The maximum atomic E-state index is 14.8. The van der Waals surface area contributed by atoms with Crippen LogP contribution in [-0.4, -0.2) is 83.7 Å². The van der Waals surface area contributed by atoms with Crippen molar-refractivity contribution >= 4 is 39.7 Å². The van der Waals surface area contributed by atoms with Gasteiger partial charge in [-0.3, -0.25) is 4.90 Å². The molecule has 1 spiro atoms. The van der Waals surface area contributed by atoms with E-state index in [1.165, 1.54) is 48.5 Å². The Kier molecular flexibility index (Phi) is 9.32. The van der Waals surface area contributed by atoms with E-state index in [4.69, 9.17) is 10.5 Å². The number of nitrogens with zero attached hydrogens (tertiary/aromatic N) is 4. The summed E-state index contributed by atoms with van der Waals surface area (Å²) in [7, 11) is -3.66. The first kappa shape index (κ1) is 34.5. The number of nitrogen functional groups attached to an aromatic ring is 1. The number of alkyl halides is 3. The average Bonchev–Trinajstić information content (AvgIpc) is 3.39. The van der Waals surface area contributed by atoms with Gasteiger partial charge in [0.2, 0.25) is 17.9 Å². The standard InChI is InChI=1S/C32H34F3N5O7S/c1-3-5-19-8-9-22(23(14-19)20-6-4-7-21(15-20)48(2,45)46)27(32(33,34)35)47-26-16-25(37-29(36)38-26)39-12-10-31(11-13-39)17-24(28(41)42)40(18-31)30(43)44/h3-9,14-16,24,27H,10-13,17-18H2,1-2H3,(H,41,42)(H,43,44)(H2,36,37,38)/b5-3+/t24?,27-/m1/s1. The number of likely N-dealkylation sites (tertiary alicyclic amines) is 1. The van der Waals surface area contributed by atoms with Gasteiger partial charge >= 0.3 is 18.2 Å². The number of nitrogens with two attached hydrogens (primary N) is 1. The number of sulfone groups is 1. The Morgan fingerprint density at radius 2 is 1.81 bits per heavy atom. The minimum Gasteiger partial charge on any atom is -0.480 e. The predicted octanol–water partition coefficient (Wildman–Crippen LogP) is 5.27. The third-order valence-corrected chi connectivity index (χ3v) is 9.83. The van der Waals surface area contributed by atoms with Crippen LogP contribution in [0, 0.1) is 5.41 Å². The van der Waals surface area contributed by atoms with E-state index in [0.717, 1.165) is 11.2 Å². The molecule has 3 heterocycles. The van der Waals surface area contributed by atoms with Crippen LogP contribution >= 0.6 is 0 Å². The Labute approximate surface area is 274 Å². The smallest absolute Gasteiger partial charge is 0.429 e. The van der Waals surface area contributed by atoms with Crippen LogP contribution in [0.3, 0.4) is 0 Å². The number of hydrogen-bond donors (Lipinski definition) is 3. The van der Waals surface area contributed by atoms with Gasteiger partial charge in [-0.05, 0) is 66.5 Å². The van der Waals surface area contributed by atoms with Gasteiger partial charge in [0.25, 0.3) is 0 Å². The number of rotatable bonds is 8. The summed E-state index contributed by atoms with van der Waals surface area (Å²) < 4.78 is 74.5. The highest BCUT2D eigenvalue weighted by Gasteiger charge is 2.50. The van der Waals surface area contributed by atoms with E-state index < -0.39 is 51.5 Å². The van der Waals surface area contributed by atoms with Crippen molar-refractivity contribution in [1.82, 2.24) is 14.9 Å². The van der Waals surface area contributed by atoms with Gasteiger partial charge < -0.3 is 25.6 Å². The van der Waals surface area contributed by atoms with E-state index >= 15 is 0 Å². The summed E-state index contributed by atoms with van der Waals surface area (Å²) in [5.41, 5.74) is 6.01. The Morgan fingerprint density at radius 1 is 1.10 bits per heavy atom. The second kappa shape index (κ2) is 13.0. The van der Waals surface area contributed by atoms with Crippen molar-refractivity contribution in [2.75, 3.05) is 36.5 Å². The van der Waals surface area contributed by atoms with E-state index in [9.17, 15) is 41.4 Å². The first-order valence-corrected chi connectivity index (χ1v) is 16.8. The second-order valence-corrected chi connectivity index (χ2v) is 14.1. The molecule has 2 saturated heterocycles. The first-order valence-electron chi connectivity index (χ1n) is 14.9. The fourth-order valence-electron chi connectivity index (χ4n) is 6.37. The van der Waals surface area contributed by atoms with Crippen LogP contribution in [0.5, 0.6) is 5.88 Å². The van der Waals surface area contributed by atoms with E-state index in [1.54, 1.807) is 24.0 Å². The maximum absolute atomic E-state index is 14.8. The van der Waals surface area contributed by atoms with Crippen LogP contribution in [-0.2, 0) is 14.6 Å². The number of amides is 1. The number of anilines is 2. The van der Waals surface area contributed by atoms with Crippen molar-refractivity contribution < 1.29 is 46.1 Å². The number of aromatic nitrogens is 2. The van der Waals surface area contributed by atoms with Crippen molar-refractivity contribution in [3.63, 3.8) is 0 Å².